The van der Waals surface area contributed by atoms with Gasteiger partial charge in [0.05, 0.1) is 0 Å². The Labute approximate surface area is 55.0 Å². The Morgan fingerprint density at radius 3 is 1.75 bits per heavy atom. The number of rotatable bonds is 1. The largest absolute Gasteiger partial charge is 0.385 e. The quantitative estimate of drug-likeness (QED) is 0.492. The summed E-state index contributed by atoms with van der Waals surface area (Å²) in [5, 5.41) is 0.000000000000000222. The molecular weight excluding hydrogens is 124 g/mol. The minimum atomic E-state index is 0.000000000000000222. The van der Waals surface area contributed by atoms with Gasteiger partial charge in [-0.05, 0) is 19.1 Å². The topological polar surface area (TPSA) is 61.3 Å². The summed E-state index contributed by atoms with van der Waals surface area (Å²) in [5.41, 5.74) is 9.24. The third-order valence-electron chi connectivity index (χ3n) is 0.289. The number of hydrogen-bond donors (Lipinski definition) is 2. The lowest BCUT2D eigenvalue weighted by Gasteiger charge is -1.76. The lowest BCUT2D eigenvalue weighted by atomic mass is 10.9. The molecule has 0 saturated carbocycles. The summed E-state index contributed by atoms with van der Waals surface area (Å²) in [4.78, 5) is 0. The van der Waals surface area contributed by atoms with Crippen LogP contribution in [-0.2, 0) is 4.74 Å². The van der Waals surface area contributed by atoms with Crippen LogP contribution in [0.1, 0.15) is 6.92 Å². The van der Waals surface area contributed by atoms with Crippen molar-refractivity contribution < 1.29 is 4.74 Å². The average molecular weight is 136 g/mol. The van der Waals surface area contributed by atoms with Crippen molar-refractivity contribution in [3.63, 3.8) is 0 Å². The molecule has 4 heteroatoms. The van der Waals surface area contributed by atoms with Gasteiger partial charge < -0.3 is 16.2 Å². The third-order valence-corrected chi connectivity index (χ3v) is 0.289. The van der Waals surface area contributed by atoms with Crippen LogP contribution in [0.3, 0.4) is 0 Å². The zero-order chi connectivity index (χ0) is 6.99. The van der Waals surface area contributed by atoms with Gasteiger partial charge in [0.1, 0.15) is 0 Å². The van der Waals surface area contributed by atoms with Crippen molar-refractivity contribution in [2.24, 2.45) is 11.5 Å². The fourth-order valence-electron chi connectivity index (χ4n) is 0. The summed E-state index contributed by atoms with van der Waals surface area (Å²) in [6.07, 6.45) is 0. The van der Waals surface area contributed by atoms with Crippen LogP contribution in [0.4, 0.5) is 0 Å². The van der Waals surface area contributed by atoms with Crippen LogP contribution < -0.4 is 11.5 Å². The van der Waals surface area contributed by atoms with Gasteiger partial charge in [-0.3, -0.25) is 0 Å². The predicted octanol–water partition coefficient (Wildman–Crippen LogP) is -0.159. The molecule has 4 N–H and O–H groups in total. The molecule has 0 amide bonds. The second kappa shape index (κ2) is 9.82. The standard InChI is InChI=1S/C3H8O.CH4N2S/c1-3-4-2;2-1(3)4/h3H2,1-2H3;(H4,2,3,4). The van der Waals surface area contributed by atoms with Crippen LogP contribution in [0.15, 0.2) is 0 Å². The molecule has 3 nitrogen and oxygen atoms in total. The highest BCUT2D eigenvalue weighted by Crippen LogP contribution is 1.52. The molecule has 0 aliphatic carbocycles. The maximum atomic E-state index is 4.62. The van der Waals surface area contributed by atoms with Crippen LogP contribution >= 0.6 is 12.2 Å². The van der Waals surface area contributed by atoms with Crippen molar-refractivity contribution in [1.29, 1.82) is 0 Å². The van der Waals surface area contributed by atoms with E-state index in [9.17, 15) is 0 Å². The van der Waals surface area contributed by atoms with E-state index in [4.69, 9.17) is 0 Å². The Morgan fingerprint density at radius 1 is 1.62 bits per heavy atom. The molecule has 0 spiro atoms. The summed E-state index contributed by atoms with van der Waals surface area (Å²) in [6, 6.07) is 0. The van der Waals surface area contributed by atoms with Crippen LogP contribution in [0.5, 0.6) is 0 Å². The van der Waals surface area contributed by atoms with Crippen molar-refractivity contribution in [3.8, 4) is 0 Å². The molecule has 0 heterocycles. The second-order valence-corrected chi connectivity index (χ2v) is 1.45. The summed E-state index contributed by atoms with van der Waals surface area (Å²) in [5.74, 6) is 0. The van der Waals surface area contributed by atoms with E-state index in [0.717, 1.165) is 6.61 Å². The van der Waals surface area contributed by atoms with E-state index >= 15 is 0 Å². The summed E-state index contributed by atoms with van der Waals surface area (Å²) in [7, 11) is 1.68. The van der Waals surface area contributed by atoms with E-state index in [2.05, 4.69) is 28.4 Å². The predicted molar refractivity (Wildman–Crippen MR) is 38.5 cm³/mol. The molecule has 0 bridgehead atoms. The van der Waals surface area contributed by atoms with Gasteiger partial charge in [-0.2, -0.15) is 0 Å². The summed E-state index contributed by atoms with van der Waals surface area (Å²) >= 11 is 4.09. The number of thiocarbonyl (C=S) groups is 1. The van der Waals surface area contributed by atoms with Crippen LogP contribution in [0, 0.1) is 0 Å². The zero-order valence-corrected chi connectivity index (χ0v) is 5.99. The number of hydrogen-bond acceptors (Lipinski definition) is 2. The SMILES string of the molecule is CCOC.NC(N)=S. The number of nitrogens with two attached hydrogens (primary N) is 2. The van der Waals surface area contributed by atoms with Gasteiger partial charge in [0.2, 0.25) is 0 Å². The first kappa shape index (κ1) is 10.6. The molecule has 0 unspecified atom stereocenters. The summed E-state index contributed by atoms with van der Waals surface area (Å²) in [6.45, 7) is 2.78. The fourth-order valence-corrected chi connectivity index (χ4v) is 0. The lowest BCUT2D eigenvalue weighted by Crippen LogP contribution is -2.18. The smallest absolute Gasteiger partial charge is 0.160 e. The van der Waals surface area contributed by atoms with Crippen molar-refractivity contribution >= 4 is 17.3 Å². The Balaban J connectivity index is 0. The maximum absolute atomic E-state index is 4.62. The second-order valence-electron chi connectivity index (χ2n) is 0.980. The average Bonchev–Trinajstić information content (AvgIpc) is 1.65. The highest BCUT2D eigenvalue weighted by atomic mass is 32.1. The van der Waals surface area contributed by atoms with Crippen LogP contribution in [0.25, 0.3) is 0 Å². The monoisotopic (exact) mass is 136 g/mol. The third kappa shape index (κ3) is 289. The van der Waals surface area contributed by atoms with Gasteiger partial charge >= 0.3 is 0 Å². The first-order chi connectivity index (χ1) is 3.65. The van der Waals surface area contributed by atoms with Crippen molar-refractivity contribution in [2.75, 3.05) is 13.7 Å². The molecule has 50 valence electrons. The fraction of sp³-hybridized carbons (Fsp3) is 0.750. The van der Waals surface area contributed by atoms with Crippen molar-refractivity contribution in [3.05, 3.63) is 0 Å². The molecule has 0 aromatic heterocycles. The molecule has 0 atom stereocenters. The molecule has 0 aliphatic heterocycles. The van der Waals surface area contributed by atoms with Crippen LogP contribution in [0.2, 0.25) is 0 Å². The van der Waals surface area contributed by atoms with Gasteiger partial charge in [0.25, 0.3) is 0 Å². The van der Waals surface area contributed by atoms with Gasteiger partial charge in [0, 0.05) is 13.7 Å². The van der Waals surface area contributed by atoms with Gasteiger partial charge in [-0.1, -0.05) is 0 Å². The first-order valence-electron chi connectivity index (χ1n) is 2.19. The van der Waals surface area contributed by atoms with E-state index in [1.54, 1.807) is 7.11 Å². The molecule has 0 aromatic carbocycles. The Kier molecular flexibility index (Phi) is 13.0. The van der Waals surface area contributed by atoms with Gasteiger partial charge in [-0.25, -0.2) is 0 Å². The highest BCUT2D eigenvalue weighted by molar-refractivity contribution is 7.80. The Bertz CT molecular complexity index is 52.0. The molecule has 0 aliphatic rings. The Hall–Kier alpha value is -0.350. The molecule has 0 fully saturated rings. The minimum Gasteiger partial charge on any atom is -0.385 e. The highest BCUT2D eigenvalue weighted by Gasteiger charge is 1.53. The molecule has 0 rings (SSSR count). The zero-order valence-electron chi connectivity index (χ0n) is 5.18. The van der Waals surface area contributed by atoms with E-state index in [-0.39, 0.29) is 5.11 Å². The number of ether oxygens (including phenoxy) is 1. The Morgan fingerprint density at radius 2 is 1.75 bits per heavy atom. The minimum absolute atomic E-state index is 0.000000000000000222. The van der Waals surface area contributed by atoms with E-state index in [0.29, 0.717) is 0 Å². The first-order valence-corrected chi connectivity index (χ1v) is 2.59. The van der Waals surface area contributed by atoms with Gasteiger partial charge in [0.15, 0.2) is 5.11 Å². The maximum Gasteiger partial charge on any atom is 0.160 e. The van der Waals surface area contributed by atoms with E-state index in [1.165, 1.54) is 0 Å². The number of methoxy groups -OCH3 is 1. The normalized spacial score (nSPS) is 6.75. The molecular formula is C4H12N2OS. The lowest BCUT2D eigenvalue weighted by molar-refractivity contribution is 0.215. The van der Waals surface area contributed by atoms with Crippen LogP contribution in [-0.4, -0.2) is 18.8 Å². The van der Waals surface area contributed by atoms with Crippen molar-refractivity contribution in [2.45, 2.75) is 6.92 Å². The summed E-state index contributed by atoms with van der Waals surface area (Å²) < 4.78 is 4.54. The molecule has 0 saturated heterocycles. The van der Waals surface area contributed by atoms with E-state index in [1.807, 2.05) is 6.92 Å². The van der Waals surface area contributed by atoms with E-state index < -0.39 is 0 Å². The van der Waals surface area contributed by atoms with Gasteiger partial charge in [-0.15, -0.1) is 0 Å². The molecule has 8 heavy (non-hydrogen) atoms. The molecule has 0 aromatic rings. The van der Waals surface area contributed by atoms with Crippen molar-refractivity contribution in [1.82, 2.24) is 0 Å². The molecule has 0 radical (unpaired) electrons.